The highest BCUT2D eigenvalue weighted by atomic mass is 32.2. The summed E-state index contributed by atoms with van der Waals surface area (Å²) < 4.78 is 11.4. The molecule has 2 fully saturated rings. The number of carbonyl (C=O) groups excluding carboxylic acids is 1. The van der Waals surface area contributed by atoms with Crippen molar-refractivity contribution in [3.63, 3.8) is 0 Å². The summed E-state index contributed by atoms with van der Waals surface area (Å²) in [5.74, 6) is 0.733. The van der Waals surface area contributed by atoms with E-state index in [2.05, 4.69) is 0 Å². The van der Waals surface area contributed by atoms with Crippen LogP contribution in [0.15, 0.2) is 29.2 Å². The van der Waals surface area contributed by atoms with Crippen LogP contribution in [0.5, 0.6) is 5.75 Å². The molecule has 2 aliphatic heterocycles. The molecule has 1 aromatic rings. The summed E-state index contributed by atoms with van der Waals surface area (Å²) in [6, 6.07) is 7.61. The fraction of sp³-hybridized carbons (Fsp3) is 0.375. The first kappa shape index (κ1) is 15.5. The molecule has 3 rings (SSSR count). The van der Waals surface area contributed by atoms with E-state index in [4.69, 9.17) is 21.7 Å². The third-order valence-electron chi connectivity index (χ3n) is 3.68. The van der Waals surface area contributed by atoms with Crippen LogP contribution < -0.4 is 4.74 Å². The highest BCUT2D eigenvalue weighted by Gasteiger charge is 2.34. The van der Waals surface area contributed by atoms with Gasteiger partial charge in [-0.2, -0.15) is 0 Å². The van der Waals surface area contributed by atoms with E-state index in [1.807, 2.05) is 30.3 Å². The number of amides is 1. The third kappa shape index (κ3) is 3.34. The molecule has 0 N–H and O–H groups in total. The Bertz CT molecular complexity index is 624. The minimum Gasteiger partial charge on any atom is -0.497 e. The van der Waals surface area contributed by atoms with Crippen molar-refractivity contribution in [3.05, 3.63) is 34.7 Å². The van der Waals surface area contributed by atoms with Gasteiger partial charge in [0.25, 0.3) is 5.91 Å². The lowest BCUT2D eigenvalue weighted by molar-refractivity contribution is -0.123. The maximum atomic E-state index is 12.5. The molecule has 2 heterocycles. The number of ether oxygens (including phenoxy) is 2. The first-order chi connectivity index (χ1) is 10.7. The SMILES string of the molecule is COc1cccc(/C=C2/SC(=S)N(C[C@@H]3CCCO3)C2=O)c1. The van der Waals surface area contributed by atoms with Gasteiger partial charge < -0.3 is 9.47 Å². The maximum Gasteiger partial charge on any atom is 0.266 e. The predicted octanol–water partition coefficient (Wildman–Crippen LogP) is 3.08. The second-order valence-corrected chi connectivity index (χ2v) is 6.88. The average molecular weight is 335 g/mol. The number of methoxy groups -OCH3 is 1. The molecule has 2 aliphatic rings. The fourth-order valence-corrected chi connectivity index (χ4v) is 3.81. The van der Waals surface area contributed by atoms with Crippen LogP contribution in [0.2, 0.25) is 0 Å². The van der Waals surface area contributed by atoms with Gasteiger partial charge in [0.1, 0.15) is 10.1 Å². The van der Waals surface area contributed by atoms with Crippen molar-refractivity contribution in [2.24, 2.45) is 0 Å². The first-order valence-corrected chi connectivity index (χ1v) is 8.41. The predicted molar refractivity (Wildman–Crippen MR) is 91.8 cm³/mol. The van der Waals surface area contributed by atoms with Crippen LogP contribution in [0.25, 0.3) is 6.08 Å². The number of nitrogens with zero attached hydrogens (tertiary/aromatic N) is 1. The van der Waals surface area contributed by atoms with Crippen LogP contribution in [-0.2, 0) is 9.53 Å². The Balaban J connectivity index is 1.75. The minimum atomic E-state index is -0.0340. The average Bonchev–Trinajstić information content (AvgIpc) is 3.12. The molecule has 116 valence electrons. The Morgan fingerprint density at radius 3 is 3.14 bits per heavy atom. The van der Waals surface area contributed by atoms with E-state index >= 15 is 0 Å². The lowest BCUT2D eigenvalue weighted by Crippen LogP contribution is -2.35. The molecule has 1 amide bonds. The molecule has 0 aliphatic carbocycles. The molecule has 0 spiro atoms. The molecule has 22 heavy (non-hydrogen) atoms. The fourth-order valence-electron chi connectivity index (χ4n) is 2.53. The minimum absolute atomic E-state index is 0.0340. The Morgan fingerprint density at radius 2 is 2.41 bits per heavy atom. The summed E-state index contributed by atoms with van der Waals surface area (Å²) in [7, 11) is 1.63. The van der Waals surface area contributed by atoms with E-state index in [1.165, 1.54) is 11.8 Å². The number of hydrogen-bond donors (Lipinski definition) is 0. The van der Waals surface area contributed by atoms with E-state index in [0.717, 1.165) is 30.8 Å². The van der Waals surface area contributed by atoms with E-state index in [9.17, 15) is 4.79 Å². The number of thioether (sulfide) groups is 1. The van der Waals surface area contributed by atoms with Crippen LogP contribution in [0.4, 0.5) is 0 Å². The molecule has 0 bridgehead atoms. The molecule has 0 radical (unpaired) electrons. The lowest BCUT2D eigenvalue weighted by Gasteiger charge is -2.18. The summed E-state index contributed by atoms with van der Waals surface area (Å²) in [6.07, 6.45) is 4.02. The van der Waals surface area contributed by atoms with Crippen LogP contribution in [-0.4, -0.2) is 41.5 Å². The highest BCUT2D eigenvalue weighted by molar-refractivity contribution is 8.26. The van der Waals surface area contributed by atoms with Gasteiger partial charge in [-0.1, -0.05) is 36.1 Å². The van der Waals surface area contributed by atoms with E-state index in [1.54, 1.807) is 12.0 Å². The third-order valence-corrected chi connectivity index (χ3v) is 5.05. The summed E-state index contributed by atoms with van der Waals surface area (Å²) in [5, 5.41) is 0. The topological polar surface area (TPSA) is 38.8 Å². The Morgan fingerprint density at radius 1 is 1.55 bits per heavy atom. The molecule has 0 saturated carbocycles. The van der Waals surface area contributed by atoms with Crippen molar-refractivity contribution >= 4 is 40.3 Å². The van der Waals surface area contributed by atoms with Crippen LogP contribution in [0.3, 0.4) is 0 Å². The zero-order valence-electron chi connectivity index (χ0n) is 12.3. The van der Waals surface area contributed by atoms with Crippen molar-refractivity contribution in [3.8, 4) is 5.75 Å². The monoisotopic (exact) mass is 335 g/mol. The second-order valence-electron chi connectivity index (χ2n) is 5.20. The first-order valence-electron chi connectivity index (χ1n) is 7.18. The number of benzene rings is 1. The second kappa shape index (κ2) is 6.81. The van der Waals surface area contributed by atoms with Crippen LogP contribution >= 0.6 is 24.0 Å². The molecule has 0 aromatic heterocycles. The van der Waals surface area contributed by atoms with E-state index in [-0.39, 0.29) is 12.0 Å². The zero-order chi connectivity index (χ0) is 15.5. The van der Waals surface area contributed by atoms with Gasteiger partial charge in [0.05, 0.1) is 24.7 Å². The normalized spacial score (nSPS) is 23.6. The van der Waals surface area contributed by atoms with Crippen molar-refractivity contribution in [1.29, 1.82) is 0 Å². The summed E-state index contributed by atoms with van der Waals surface area (Å²) in [4.78, 5) is 14.8. The van der Waals surface area contributed by atoms with Crippen LogP contribution in [0, 0.1) is 0 Å². The standard InChI is InChI=1S/C16H17NO3S2/c1-19-12-5-2-4-11(8-12)9-14-15(18)17(16(21)22-14)10-13-6-3-7-20-13/h2,4-5,8-9,13H,3,6-7,10H2,1H3/b14-9+/t13-/m0/s1. The van der Waals surface area contributed by atoms with Crippen molar-refractivity contribution in [2.75, 3.05) is 20.3 Å². The summed E-state index contributed by atoms with van der Waals surface area (Å²) >= 11 is 6.69. The summed E-state index contributed by atoms with van der Waals surface area (Å²) in [5.41, 5.74) is 0.928. The van der Waals surface area contributed by atoms with Gasteiger partial charge in [-0.05, 0) is 36.6 Å². The number of hydrogen-bond acceptors (Lipinski definition) is 5. The Hall–Kier alpha value is -1.37. The molecule has 0 unspecified atom stereocenters. The van der Waals surface area contributed by atoms with Crippen molar-refractivity contribution in [1.82, 2.24) is 4.90 Å². The number of rotatable bonds is 4. The summed E-state index contributed by atoms with van der Waals surface area (Å²) in [6.45, 7) is 1.33. The van der Waals surface area contributed by atoms with Gasteiger partial charge >= 0.3 is 0 Å². The Kier molecular flexibility index (Phi) is 4.81. The van der Waals surface area contributed by atoms with Crippen LogP contribution in [0.1, 0.15) is 18.4 Å². The van der Waals surface area contributed by atoms with Crippen molar-refractivity contribution in [2.45, 2.75) is 18.9 Å². The molecule has 1 atom stereocenters. The number of carbonyl (C=O) groups is 1. The smallest absolute Gasteiger partial charge is 0.266 e. The van der Waals surface area contributed by atoms with Gasteiger partial charge in [-0.15, -0.1) is 0 Å². The number of thiocarbonyl (C=S) groups is 1. The van der Waals surface area contributed by atoms with E-state index in [0.29, 0.717) is 15.8 Å². The maximum absolute atomic E-state index is 12.5. The van der Waals surface area contributed by atoms with Gasteiger partial charge in [-0.25, -0.2) is 0 Å². The van der Waals surface area contributed by atoms with Gasteiger partial charge in [0.2, 0.25) is 0 Å². The van der Waals surface area contributed by atoms with Crippen molar-refractivity contribution < 1.29 is 14.3 Å². The lowest BCUT2D eigenvalue weighted by atomic mass is 10.2. The zero-order valence-corrected chi connectivity index (χ0v) is 13.9. The van der Waals surface area contributed by atoms with Gasteiger partial charge in [0.15, 0.2) is 0 Å². The molecule has 1 aromatic carbocycles. The van der Waals surface area contributed by atoms with E-state index < -0.39 is 0 Å². The Labute approximate surface area is 139 Å². The highest BCUT2D eigenvalue weighted by Crippen LogP contribution is 2.33. The molecular weight excluding hydrogens is 318 g/mol. The molecule has 4 nitrogen and oxygen atoms in total. The van der Waals surface area contributed by atoms with Gasteiger partial charge in [0, 0.05) is 6.61 Å². The quantitative estimate of drug-likeness (QED) is 0.624. The largest absolute Gasteiger partial charge is 0.497 e. The molecule has 6 heteroatoms. The van der Waals surface area contributed by atoms with Gasteiger partial charge in [-0.3, -0.25) is 9.69 Å². The molecular formula is C16H17NO3S2. The molecule has 2 saturated heterocycles.